The zero-order chi connectivity index (χ0) is 16.1. The van der Waals surface area contributed by atoms with E-state index in [0.717, 1.165) is 12.5 Å². The van der Waals surface area contributed by atoms with E-state index in [-0.39, 0.29) is 17.9 Å². The molecule has 0 aliphatic carbocycles. The summed E-state index contributed by atoms with van der Waals surface area (Å²) in [6.45, 7) is 1.52. The highest BCUT2D eigenvalue weighted by Gasteiger charge is 2.49. The maximum Gasteiger partial charge on any atom is 0.534 e. The van der Waals surface area contributed by atoms with Crippen LogP contribution >= 0.6 is 0 Å². The van der Waals surface area contributed by atoms with Crippen LogP contribution in [0.3, 0.4) is 0 Å². The lowest BCUT2D eigenvalue weighted by atomic mass is 10.2. The van der Waals surface area contributed by atoms with Crippen LogP contribution < -0.4 is 8.92 Å². The van der Waals surface area contributed by atoms with Gasteiger partial charge >= 0.3 is 15.6 Å². The molecule has 1 aromatic rings. The van der Waals surface area contributed by atoms with Crippen LogP contribution in [0.15, 0.2) is 18.2 Å². The second kappa shape index (κ2) is 6.99. The van der Waals surface area contributed by atoms with Gasteiger partial charge in [0.15, 0.2) is 11.5 Å². The molecule has 0 radical (unpaired) electrons. The minimum absolute atomic E-state index is 0.140. The van der Waals surface area contributed by atoms with Crippen molar-refractivity contribution < 1.29 is 35.6 Å². The fraction of sp³-hybridized carbons (Fsp3) is 0.500. The van der Waals surface area contributed by atoms with Gasteiger partial charge in [-0.2, -0.15) is 21.6 Å². The number of unbranched alkanes of at least 4 members (excludes halogenated alkanes) is 1. The van der Waals surface area contributed by atoms with E-state index >= 15 is 0 Å². The molecule has 0 saturated carbocycles. The number of aliphatic hydroxyl groups is 1. The third-order valence-corrected chi connectivity index (χ3v) is 3.42. The molecule has 0 unspecified atom stereocenters. The predicted molar refractivity (Wildman–Crippen MR) is 68.4 cm³/mol. The highest BCUT2D eigenvalue weighted by Crippen LogP contribution is 2.35. The molecule has 0 aromatic heterocycles. The van der Waals surface area contributed by atoms with Crippen molar-refractivity contribution in [2.24, 2.45) is 0 Å². The van der Waals surface area contributed by atoms with Gasteiger partial charge in [0.05, 0.1) is 13.2 Å². The molecule has 0 amide bonds. The van der Waals surface area contributed by atoms with Crippen LogP contribution in [0.2, 0.25) is 0 Å². The number of halogens is 3. The Bertz CT molecular complexity index is 569. The van der Waals surface area contributed by atoms with Crippen molar-refractivity contribution in [2.45, 2.75) is 31.9 Å². The number of rotatable bonds is 7. The van der Waals surface area contributed by atoms with Crippen LogP contribution in [0.25, 0.3) is 0 Å². The second-order valence-corrected chi connectivity index (χ2v) is 5.63. The van der Waals surface area contributed by atoms with E-state index in [9.17, 15) is 21.6 Å². The van der Waals surface area contributed by atoms with E-state index in [1.165, 1.54) is 12.1 Å². The van der Waals surface area contributed by atoms with Crippen molar-refractivity contribution in [3.05, 3.63) is 23.8 Å². The predicted octanol–water partition coefficient (Wildman–Crippen LogP) is 2.59. The zero-order valence-corrected chi connectivity index (χ0v) is 12.0. The first-order valence-corrected chi connectivity index (χ1v) is 7.50. The Morgan fingerprint density at radius 2 is 1.95 bits per heavy atom. The molecule has 1 rings (SSSR count). The number of para-hydroxylation sites is 1. The number of benzene rings is 1. The average molecular weight is 328 g/mol. The van der Waals surface area contributed by atoms with Crippen molar-refractivity contribution in [3.8, 4) is 11.5 Å². The van der Waals surface area contributed by atoms with E-state index in [2.05, 4.69) is 4.18 Å². The fourth-order valence-electron chi connectivity index (χ4n) is 1.40. The van der Waals surface area contributed by atoms with E-state index in [4.69, 9.17) is 9.84 Å². The van der Waals surface area contributed by atoms with Gasteiger partial charge in [0.2, 0.25) is 0 Å². The van der Waals surface area contributed by atoms with Gasteiger partial charge in [-0.15, -0.1) is 0 Å². The third-order valence-electron chi connectivity index (χ3n) is 2.46. The summed E-state index contributed by atoms with van der Waals surface area (Å²) in [5.41, 5.74) is -5.40. The Hall–Kier alpha value is -1.48. The Morgan fingerprint density at radius 3 is 2.48 bits per heavy atom. The molecular formula is C12H15F3O5S. The maximum absolute atomic E-state index is 12.3. The summed E-state index contributed by atoms with van der Waals surface area (Å²) in [6, 6.07) is 3.69. The summed E-state index contributed by atoms with van der Waals surface area (Å²) >= 11 is 0. The summed E-state index contributed by atoms with van der Waals surface area (Å²) in [7, 11) is -5.79. The lowest BCUT2D eigenvalue weighted by Gasteiger charge is -2.16. The molecule has 0 atom stereocenters. The van der Waals surface area contributed by atoms with Gasteiger partial charge in [-0.3, -0.25) is 0 Å². The lowest BCUT2D eigenvalue weighted by Crippen LogP contribution is -2.28. The Morgan fingerprint density at radius 1 is 1.29 bits per heavy atom. The van der Waals surface area contributed by atoms with E-state index < -0.39 is 28.0 Å². The molecule has 0 aliphatic heterocycles. The van der Waals surface area contributed by atoms with Crippen molar-refractivity contribution in [3.63, 3.8) is 0 Å². The van der Waals surface area contributed by atoms with Gasteiger partial charge in [-0.05, 0) is 12.5 Å². The van der Waals surface area contributed by atoms with Crippen molar-refractivity contribution >= 4 is 10.1 Å². The summed E-state index contributed by atoms with van der Waals surface area (Å²) < 4.78 is 68.4. The molecular weight excluding hydrogens is 313 g/mol. The smallest absolute Gasteiger partial charge is 0.489 e. The monoisotopic (exact) mass is 328 g/mol. The number of hydrogen-bond donors (Lipinski definition) is 1. The molecule has 120 valence electrons. The van der Waals surface area contributed by atoms with Crippen molar-refractivity contribution in [1.82, 2.24) is 0 Å². The van der Waals surface area contributed by atoms with Crippen LogP contribution in [-0.4, -0.2) is 25.6 Å². The molecule has 0 aliphatic rings. The van der Waals surface area contributed by atoms with Gasteiger partial charge in [0.1, 0.15) is 0 Å². The van der Waals surface area contributed by atoms with Crippen LogP contribution in [0, 0.1) is 0 Å². The van der Waals surface area contributed by atoms with E-state index in [1.54, 1.807) is 0 Å². The molecule has 0 bridgehead atoms. The first-order valence-electron chi connectivity index (χ1n) is 6.09. The first-order chi connectivity index (χ1) is 9.73. The molecule has 9 heteroatoms. The summed E-state index contributed by atoms with van der Waals surface area (Å²) in [5.74, 6) is -0.809. The molecule has 21 heavy (non-hydrogen) atoms. The molecule has 0 fully saturated rings. The molecule has 0 saturated heterocycles. The summed E-state index contributed by atoms with van der Waals surface area (Å²) in [4.78, 5) is 0. The van der Waals surface area contributed by atoms with Gasteiger partial charge < -0.3 is 14.0 Å². The standard InChI is InChI=1S/C12H15F3O5S/c1-2-3-7-19-11-9(8-16)5-4-6-10(11)20-21(17,18)12(13,14)15/h4-6,16H,2-3,7-8H2,1H3. The Kier molecular flexibility index (Phi) is 5.85. The summed E-state index contributed by atoms with van der Waals surface area (Å²) in [6.07, 6.45) is 1.39. The Labute approximate surface area is 120 Å². The Balaban J connectivity index is 3.12. The fourth-order valence-corrected chi connectivity index (χ4v) is 1.86. The van der Waals surface area contributed by atoms with Crippen LogP contribution in [0.4, 0.5) is 13.2 Å². The molecule has 1 aromatic carbocycles. The van der Waals surface area contributed by atoms with E-state index in [0.29, 0.717) is 6.42 Å². The van der Waals surface area contributed by atoms with Crippen molar-refractivity contribution in [2.75, 3.05) is 6.61 Å². The van der Waals surface area contributed by atoms with Crippen LogP contribution in [0.5, 0.6) is 11.5 Å². The van der Waals surface area contributed by atoms with Gasteiger partial charge in [-0.1, -0.05) is 25.5 Å². The normalized spacial score (nSPS) is 12.2. The minimum Gasteiger partial charge on any atom is -0.489 e. The highest BCUT2D eigenvalue weighted by molar-refractivity contribution is 7.88. The third kappa shape index (κ3) is 4.50. The average Bonchev–Trinajstić information content (AvgIpc) is 2.38. The van der Waals surface area contributed by atoms with Crippen LogP contribution in [-0.2, 0) is 16.7 Å². The van der Waals surface area contributed by atoms with Gasteiger partial charge in [-0.25, -0.2) is 0 Å². The van der Waals surface area contributed by atoms with E-state index in [1.807, 2.05) is 6.92 Å². The highest BCUT2D eigenvalue weighted by atomic mass is 32.2. The maximum atomic E-state index is 12.3. The largest absolute Gasteiger partial charge is 0.534 e. The SMILES string of the molecule is CCCCOc1c(CO)cccc1OS(=O)(=O)C(F)(F)F. The zero-order valence-electron chi connectivity index (χ0n) is 11.2. The molecule has 1 N–H and O–H groups in total. The number of hydrogen-bond acceptors (Lipinski definition) is 5. The molecule has 0 spiro atoms. The number of ether oxygens (including phenoxy) is 1. The minimum atomic E-state index is -5.79. The molecule has 5 nitrogen and oxygen atoms in total. The number of aliphatic hydroxyl groups excluding tert-OH is 1. The first kappa shape index (κ1) is 17.6. The number of alkyl halides is 3. The summed E-state index contributed by atoms with van der Waals surface area (Å²) in [5, 5.41) is 9.15. The molecule has 0 heterocycles. The lowest BCUT2D eigenvalue weighted by molar-refractivity contribution is -0.0500. The van der Waals surface area contributed by atoms with Crippen LogP contribution in [0.1, 0.15) is 25.3 Å². The van der Waals surface area contributed by atoms with Crippen molar-refractivity contribution in [1.29, 1.82) is 0 Å². The second-order valence-electron chi connectivity index (χ2n) is 4.09. The van der Waals surface area contributed by atoms with Gasteiger partial charge in [0.25, 0.3) is 0 Å². The quantitative estimate of drug-likeness (QED) is 0.473. The topological polar surface area (TPSA) is 72.8 Å². The van der Waals surface area contributed by atoms with Gasteiger partial charge in [0, 0.05) is 5.56 Å².